The molecule has 0 spiro atoms. The molecule has 0 radical (unpaired) electrons. The van der Waals surface area contributed by atoms with Gasteiger partial charge in [0.1, 0.15) is 5.52 Å². The normalized spacial score (nSPS) is 11.8. The molecule has 2 rings (SSSR count). The summed E-state index contributed by atoms with van der Waals surface area (Å²) in [6, 6.07) is 3.38. The zero-order valence-electron chi connectivity index (χ0n) is 9.33. The Bertz CT molecular complexity index is 562. The van der Waals surface area contributed by atoms with Crippen molar-refractivity contribution < 1.29 is 8.78 Å². The first-order valence-corrected chi connectivity index (χ1v) is 6.03. The number of hydrogen-bond donors (Lipinski definition) is 2. The number of nitrogens with two attached hydrogens (primary N) is 1. The third kappa shape index (κ3) is 2.91. The topological polar surface area (TPSA) is 63.8 Å². The largest absolute Gasteiger partial charge is 0.377 e. The van der Waals surface area contributed by atoms with E-state index >= 15 is 0 Å². The number of anilines is 1. The van der Waals surface area contributed by atoms with Gasteiger partial charge in [-0.25, -0.2) is 8.78 Å². The Morgan fingerprint density at radius 2 is 2.17 bits per heavy atom. The molecule has 3 N–H and O–H groups in total. The van der Waals surface area contributed by atoms with E-state index in [4.69, 9.17) is 5.73 Å². The second-order valence-electron chi connectivity index (χ2n) is 3.79. The Morgan fingerprint density at radius 3 is 2.89 bits per heavy atom. The van der Waals surface area contributed by atoms with Gasteiger partial charge in [-0.05, 0) is 28.1 Å². The Kier molecular flexibility index (Phi) is 3.72. The number of halogens is 3. The van der Waals surface area contributed by atoms with Crippen molar-refractivity contribution in [3.05, 3.63) is 29.0 Å². The van der Waals surface area contributed by atoms with E-state index in [2.05, 4.69) is 31.2 Å². The van der Waals surface area contributed by atoms with Crippen LogP contribution < -0.4 is 11.1 Å². The molecule has 0 saturated heterocycles. The lowest BCUT2D eigenvalue weighted by Crippen LogP contribution is -2.35. The molecule has 0 aliphatic heterocycles. The Hall–Kier alpha value is -1.34. The summed E-state index contributed by atoms with van der Waals surface area (Å²) in [4.78, 5) is 8.28. The first-order valence-electron chi connectivity index (χ1n) is 5.24. The highest BCUT2D eigenvalue weighted by molar-refractivity contribution is 9.10. The molecular formula is C11H11BrF2N4. The van der Waals surface area contributed by atoms with Gasteiger partial charge < -0.3 is 11.1 Å². The summed E-state index contributed by atoms with van der Waals surface area (Å²) in [5, 5.41) is 2.65. The molecule has 2 aromatic heterocycles. The van der Waals surface area contributed by atoms with Crippen molar-refractivity contribution in [1.82, 2.24) is 9.97 Å². The van der Waals surface area contributed by atoms with Crippen LogP contribution in [0.3, 0.4) is 0 Å². The van der Waals surface area contributed by atoms with Crippen molar-refractivity contribution in [2.24, 2.45) is 5.73 Å². The monoisotopic (exact) mass is 316 g/mol. The third-order valence-electron chi connectivity index (χ3n) is 2.38. The summed E-state index contributed by atoms with van der Waals surface area (Å²) in [7, 11) is 0. The number of alkyl halides is 2. The molecule has 0 unspecified atom stereocenters. The van der Waals surface area contributed by atoms with Crippen molar-refractivity contribution in [3.63, 3.8) is 0 Å². The smallest absolute Gasteiger partial charge is 0.276 e. The maximum absolute atomic E-state index is 13.1. The van der Waals surface area contributed by atoms with Crippen LogP contribution in [0, 0.1) is 0 Å². The van der Waals surface area contributed by atoms with Crippen molar-refractivity contribution in [2.75, 3.05) is 18.4 Å². The lowest BCUT2D eigenvalue weighted by atomic mass is 10.2. The van der Waals surface area contributed by atoms with Crippen molar-refractivity contribution in [3.8, 4) is 0 Å². The lowest BCUT2D eigenvalue weighted by Gasteiger charge is -2.16. The molecule has 0 fully saturated rings. The minimum Gasteiger partial charge on any atom is -0.377 e. The molecule has 96 valence electrons. The Labute approximate surface area is 111 Å². The second kappa shape index (κ2) is 5.11. The van der Waals surface area contributed by atoms with Gasteiger partial charge in [0, 0.05) is 16.9 Å². The third-order valence-corrected chi connectivity index (χ3v) is 2.81. The highest BCUT2D eigenvalue weighted by atomic mass is 79.9. The van der Waals surface area contributed by atoms with Gasteiger partial charge in [-0.15, -0.1) is 0 Å². The summed E-state index contributed by atoms with van der Waals surface area (Å²) >= 11 is 3.28. The maximum Gasteiger partial charge on any atom is 0.276 e. The van der Waals surface area contributed by atoms with E-state index in [0.29, 0.717) is 16.7 Å². The summed E-state index contributed by atoms with van der Waals surface area (Å²) < 4.78 is 26.9. The Morgan fingerprint density at radius 1 is 1.39 bits per heavy atom. The van der Waals surface area contributed by atoms with Gasteiger partial charge in [0.2, 0.25) is 0 Å². The zero-order valence-corrected chi connectivity index (χ0v) is 10.9. The molecule has 0 bridgehead atoms. The highest BCUT2D eigenvalue weighted by Crippen LogP contribution is 2.23. The summed E-state index contributed by atoms with van der Waals surface area (Å²) in [6.07, 6.45) is 3.13. The number of nitrogens with one attached hydrogen (secondary N) is 1. The quantitative estimate of drug-likeness (QED) is 0.909. The minimum absolute atomic E-state index is 0.514. The molecule has 0 aliphatic rings. The van der Waals surface area contributed by atoms with E-state index < -0.39 is 19.0 Å². The van der Waals surface area contributed by atoms with Crippen LogP contribution in [0.1, 0.15) is 0 Å². The van der Waals surface area contributed by atoms with Crippen LogP contribution in [0.25, 0.3) is 11.0 Å². The van der Waals surface area contributed by atoms with Gasteiger partial charge in [0.25, 0.3) is 5.92 Å². The molecule has 2 aromatic rings. The number of fused-ring (bicyclic) bond motifs is 1. The van der Waals surface area contributed by atoms with Crippen molar-refractivity contribution in [2.45, 2.75) is 5.92 Å². The number of hydrogen-bond acceptors (Lipinski definition) is 4. The van der Waals surface area contributed by atoms with Gasteiger partial charge in [-0.3, -0.25) is 9.97 Å². The number of nitrogens with zero attached hydrogens (tertiary/aromatic N) is 2. The Balaban J connectivity index is 2.29. The van der Waals surface area contributed by atoms with E-state index in [9.17, 15) is 8.78 Å². The minimum atomic E-state index is -2.94. The van der Waals surface area contributed by atoms with E-state index in [1.54, 1.807) is 24.5 Å². The van der Waals surface area contributed by atoms with E-state index in [1.807, 2.05) is 0 Å². The van der Waals surface area contributed by atoms with Crippen LogP contribution in [-0.4, -0.2) is 29.0 Å². The van der Waals surface area contributed by atoms with E-state index in [0.717, 1.165) is 4.47 Å². The van der Waals surface area contributed by atoms with Crippen LogP contribution >= 0.6 is 15.9 Å². The van der Waals surface area contributed by atoms with Crippen LogP contribution in [-0.2, 0) is 0 Å². The first kappa shape index (κ1) is 13.1. The second-order valence-corrected chi connectivity index (χ2v) is 4.71. The first-order chi connectivity index (χ1) is 8.52. The molecule has 18 heavy (non-hydrogen) atoms. The van der Waals surface area contributed by atoms with Crippen molar-refractivity contribution >= 4 is 32.7 Å². The SMILES string of the molecule is NCC(F)(F)CNc1ccnc2cc(Br)cnc12. The lowest BCUT2D eigenvalue weighted by molar-refractivity contribution is 0.0254. The molecule has 7 heteroatoms. The number of pyridine rings is 2. The summed E-state index contributed by atoms with van der Waals surface area (Å²) in [5.41, 5.74) is 6.67. The van der Waals surface area contributed by atoms with E-state index in [-0.39, 0.29) is 0 Å². The zero-order chi connectivity index (χ0) is 13.2. The van der Waals surface area contributed by atoms with Crippen molar-refractivity contribution in [1.29, 1.82) is 0 Å². The van der Waals surface area contributed by atoms with Crippen LogP contribution in [0.2, 0.25) is 0 Å². The molecular weight excluding hydrogens is 306 g/mol. The predicted octanol–water partition coefficient (Wildman–Crippen LogP) is 2.40. The molecule has 0 aliphatic carbocycles. The fourth-order valence-electron chi connectivity index (χ4n) is 1.44. The summed E-state index contributed by atoms with van der Waals surface area (Å²) in [6.45, 7) is -1.22. The van der Waals surface area contributed by atoms with Gasteiger partial charge in [0.05, 0.1) is 24.3 Å². The molecule has 4 nitrogen and oxygen atoms in total. The maximum atomic E-state index is 13.1. The summed E-state index contributed by atoms with van der Waals surface area (Å²) in [5.74, 6) is -2.94. The average molecular weight is 317 g/mol. The number of aromatic nitrogens is 2. The molecule has 0 amide bonds. The standard InChI is InChI=1S/C11H11BrF2N4/c12-7-3-9-10(17-4-7)8(1-2-16-9)18-6-11(13,14)5-15/h1-4H,5-6,15H2,(H,16,18). The van der Waals surface area contributed by atoms with Gasteiger partial charge in [-0.2, -0.15) is 0 Å². The average Bonchev–Trinajstić information content (AvgIpc) is 2.36. The number of rotatable bonds is 4. The van der Waals surface area contributed by atoms with Crippen LogP contribution in [0.4, 0.5) is 14.5 Å². The van der Waals surface area contributed by atoms with Gasteiger partial charge in [-0.1, -0.05) is 0 Å². The molecule has 0 atom stereocenters. The highest BCUT2D eigenvalue weighted by Gasteiger charge is 2.26. The van der Waals surface area contributed by atoms with Gasteiger partial charge in [0.15, 0.2) is 0 Å². The van der Waals surface area contributed by atoms with Gasteiger partial charge >= 0.3 is 0 Å². The fourth-order valence-corrected chi connectivity index (χ4v) is 1.76. The van der Waals surface area contributed by atoms with Crippen LogP contribution in [0.5, 0.6) is 0 Å². The van der Waals surface area contributed by atoms with E-state index in [1.165, 1.54) is 0 Å². The van der Waals surface area contributed by atoms with Crippen LogP contribution in [0.15, 0.2) is 29.0 Å². The molecule has 2 heterocycles. The molecule has 0 saturated carbocycles. The molecule has 0 aromatic carbocycles. The fraction of sp³-hybridized carbons (Fsp3) is 0.273. The predicted molar refractivity (Wildman–Crippen MR) is 69.7 cm³/mol.